The number of nitrogens with one attached hydrogen (secondary N) is 1. The number of pyridine rings is 1. The summed E-state index contributed by atoms with van der Waals surface area (Å²) in [6.07, 6.45) is 10.6. The fourth-order valence-corrected chi connectivity index (χ4v) is 2.17. The molecule has 3 rings (SSSR count). The number of anilines is 1. The SMILES string of the molecule is CCCNc1ncc(-c2nccn2-c2cncc(C(=O)O)c2)cn1. The Hall–Kier alpha value is -3.29. The van der Waals surface area contributed by atoms with Crippen LogP contribution in [0.15, 0.2) is 43.2 Å². The molecule has 3 heterocycles. The summed E-state index contributed by atoms with van der Waals surface area (Å²) >= 11 is 0. The van der Waals surface area contributed by atoms with Gasteiger partial charge in [-0.25, -0.2) is 19.7 Å². The molecule has 0 saturated carbocycles. The Labute approximate surface area is 138 Å². The summed E-state index contributed by atoms with van der Waals surface area (Å²) in [6.45, 7) is 2.87. The minimum Gasteiger partial charge on any atom is -0.478 e. The molecule has 0 aliphatic heterocycles. The summed E-state index contributed by atoms with van der Waals surface area (Å²) in [5.41, 5.74) is 1.45. The van der Waals surface area contributed by atoms with Gasteiger partial charge in [-0.15, -0.1) is 0 Å². The van der Waals surface area contributed by atoms with Crippen LogP contribution in [0, 0.1) is 0 Å². The standard InChI is InChI=1S/C16H16N6O2/c1-2-3-19-16-20-8-12(9-21-16)14-18-4-5-22(14)13-6-11(15(23)24)7-17-10-13/h4-10H,2-3H2,1H3,(H,23,24)(H,19,20,21). The molecule has 8 heteroatoms. The maximum atomic E-state index is 11.1. The minimum absolute atomic E-state index is 0.113. The molecule has 0 saturated heterocycles. The third kappa shape index (κ3) is 3.22. The van der Waals surface area contributed by atoms with Crippen molar-refractivity contribution in [2.45, 2.75) is 13.3 Å². The van der Waals surface area contributed by atoms with Crippen molar-refractivity contribution >= 4 is 11.9 Å². The molecule has 2 N–H and O–H groups in total. The lowest BCUT2D eigenvalue weighted by Crippen LogP contribution is -2.05. The Bertz CT molecular complexity index is 844. The van der Waals surface area contributed by atoms with Crippen LogP contribution in [0.1, 0.15) is 23.7 Å². The number of aromatic nitrogens is 5. The molecule has 8 nitrogen and oxygen atoms in total. The molecule has 0 atom stereocenters. The zero-order chi connectivity index (χ0) is 16.9. The number of nitrogens with zero attached hydrogens (tertiary/aromatic N) is 5. The zero-order valence-corrected chi connectivity index (χ0v) is 13.0. The van der Waals surface area contributed by atoms with Gasteiger partial charge in [-0.2, -0.15) is 0 Å². The van der Waals surface area contributed by atoms with Crippen molar-refractivity contribution in [2.24, 2.45) is 0 Å². The molecular weight excluding hydrogens is 308 g/mol. The van der Waals surface area contributed by atoms with Crippen LogP contribution in [-0.2, 0) is 0 Å². The van der Waals surface area contributed by atoms with Gasteiger partial charge in [-0.1, -0.05) is 6.92 Å². The number of aromatic carboxylic acids is 1. The van der Waals surface area contributed by atoms with Gasteiger partial charge < -0.3 is 10.4 Å². The predicted octanol–water partition coefficient (Wildman–Crippen LogP) is 2.24. The Morgan fingerprint density at radius 2 is 2.00 bits per heavy atom. The van der Waals surface area contributed by atoms with E-state index in [4.69, 9.17) is 5.11 Å². The fourth-order valence-electron chi connectivity index (χ4n) is 2.17. The van der Waals surface area contributed by atoms with E-state index in [9.17, 15) is 4.79 Å². The monoisotopic (exact) mass is 324 g/mol. The summed E-state index contributed by atoms with van der Waals surface area (Å²) < 4.78 is 1.75. The van der Waals surface area contributed by atoms with E-state index in [1.54, 1.807) is 41.6 Å². The van der Waals surface area contributed by atoms with Crippen LogP contribution in [0.3, 0.4) is 0 Å². The largest absolute Gasteiger partial charge is 0.478 e. The normalized spacial score (nSPS) is 10.5. The van der Waals surface area contributed by atoms with Crippen molar-refractivity contribution in [3.05, 3.63) is 48.8 Å². The lowest BCUT2D eigenvalue weighted by atomic mass is 10.2. The zero-order valence-electron chi connectivity index (χ0n) is 13.0. The molecule has 0 bridgehead atoms. The number of carboxylic acid groups (broad SMARTS) is 1. The van der Waals surface area contributed by atoms with Crippen LogP contribution in [-0.4, -0.2) is 42.1 Å². The topological polar surface area (TPSA) is 106 Å². The number of hydrogen-bond donors (Lipinski definition) is 2. The second kappa shape index (κ2) is 6.86. The Morgan fingerprint density at radius 1 is 1.21 bits per heavy atom. The van der Waals surface area contributed by atoms with Gasteiger partial charge in [0.2, 0.25) is 5.95 Å². The maximum absolute atomic E-state index is 11.1. The van der Waals surface area contributed by atoms with E-state index in [-0.39, 0.29) is 5.56 Å². The van der Waals surface area contributed by atoms with Crippen LogP contribution < -0.4 is 5.32 Å². The van der Waals surface area contributed by atoms with Gasteiger partial charge in [-0.3, -0.25) is 9.55 Å². The van der Waals surface area contributed by atoms with Crippen LogP contribution >= 0.6 is 0 Å². The molecule has 122 valence electrons. The van der Waals surface area contributed by atoms with E-state index in [0.29, 0.717) is 17.5 Å². The van der Waals surface area contributed by atoms with Gasteiger partial charge in [0.15, 0.2) is 0 Å². The van der Waals surface area contributed by atoms with Crippen molar-refractivity contribution in [1.29, 1.82) is 0 Å². The van der Waals surface area contributed by atoms with Crippen molar-refractivity contribution in [1.82, 2.24) is 24.5 Å². The highest BCUT2D eigenvalue weighted by atomic mass is 16.4. The van der Waals surface area contributed by atoms with E-state index >= 15 is 0 Å². The number of carbonyl (C=O) groups is 1. The second-order valence-corrected chi connectivity index (χ2v) is 5.08. The molecule has 24 heavy (non-hydrogen) atoms. The molecule has 0 aliphatic rings. The average Bonchev–Trinajstić information content (AvgIpc) is 3.10. The third-order valence-corrected chi connectivity index (χ3v) is 3.33. The van der Waals surface area contributed by atoms with Gasteiger partial charge in [-0.05, 0) is 12.5 Å². The first-order valence-electron chi connectivity index (χ1n) is 7.47. The van der Waals surface area contributed by atoms with Gasteiger partial charge >= 0.3 is 5.97 Å². The van der Waals surface area contributed by atoms with Gasteiger partial charge in [0.05, 0.1) is 23.0 Å². The quantitative estimate of drug-likeness (QED) is 0.716. The molecular formula is C16H16N6O2. The highest BCUT2D eigenvalue weighted by Crippen LogP contribution is 2.20. The molecule has 0 spiro atoms. The van der Waals surface area contributed by atoms with E-state index in [0.717, 1.165) is 18.5 Å². The molecule has 0 aliphatic carbocycles. The van der Waals surface area contributed by atoms with Crippen molar-refractivity contribution in [3.8, 4) is 17.1 Å². The molecule has 0 amide bonds. The smallest absolute Gasteiger partial charge is 0.337 e. The van der Waals surface area contributed by atoms with E-state index in [1.165, 1.54) is 6.20 Å². The number of rotatable bonds is 6. The van der Waals surface area contributed by atoms with E-state index < -0.39 is 5.97 Å². The maximum Gasteiger partial charge on any atom is 0.337 e. The van der Waals surface area contributed by atoms with Crippen molar-refractivity contribution in [3.63, 3.8) is 0 Å². The van der Waals surface area contributed by atoms with E-state index in [2.05, 4.69) is 32.2 Å². The Morgan fingerprint density at radius 3 is 2.71 bits per heavy atom. The lowest BCUT2D eigenvalue weighted by Gasteiger charge is -2.08. The van der Waals surface area contributed by atoms with Crippen LogP contribution in [0.2, 0.25) is 0 Å². The average molecular weight is 324 g/mol. The molecule has 3 aromatic heterocycles. The van der Waals surface area contributed by atoms with Crippen LogP contribution in [0.25, 0.3) is 17.1 Å². The summed E-state index contributed by atoms with van der Waals surface area (Å²) in [4.78, 5) is 27.9. The van der Waals surface area contributed by atoms with Crippen LogP contribution in [0.5, 0.6) is 0 Å². The van der Waals surface area contributed by atoms with Crippen molar-refractivity contribution in [2.75, 3.05) is 11.9 Å². The first kappa shape index (κ1) is 15.6. The molecule has 0 aromatic carbocycles. The highest BCUT2D eigenvalue weighted by molar-refractivity contribution is 5.87. The third-order valence-electron chi connectivity index (χ3n) is 3.33. The summed E-state index contributed by atoms with van der Waals surface area (Å²) in [5.74, 6) is 0.148. The lowest BCUT2D eigenvalue weighted by molar-refractivity contribution is 0.0696. The number of imidazole rings is 1. The molecule has 3 aromatic rings. The second-order valence-electron chi connectivity index (χ2n) is 5.08. The van der Waals surface area contributed by atoms with Gasteiger partial charge in [0.1, 0.15) is 5.82 Å². The first-order valence-corrected chi connectivity index (χ1v) is 7.47. The van der Waals surface area contributed by atoms with Crippen molar-refractivity contribution < 1.29 is 9.90 Å². The number of carboxylic acids is 1. The molecule has 0 unspecified atom stereocenters. The summed E-state index contributed by atoms with van der Waals surface area (Å²) in [6, 6.07) is 1.54. The van der Waals surface area contributed by atoms with E-state index in [1.807, 2.05) is 0 Å². The Balaban J connectivity index is 1.93. The predicted molar refractivity (Wildman–Crippen MR) is 88.1 cm³/mol. The molecule has 0 radical (unpaired) electrons. The van der Waals surface area contributed by atoms with Gasteiger partial charge in [0.25, 0.3) is 0 Å². The van der Waals surface area contributed by atoms with Gasteiger partial charge in [0, 0.05) is 37.5 Å². The Kier molecular flexibility index (Phi) is 4.46. The van der Waals surface area contributed by atoms with Crippen LogP contribution in [0.4, 0.5) is 5.95 Å². The fraction of sp³-hybridized carbons (Fsp3) is 0.188. The number of hydrogen-bond acceptors (Lipinski definition) is 6. The highest BCUT2D eigenvalue weighted by Gasteiger charge is 2.11. The first-order chi connectivity index (χ1) is 11.7. The summed E-state index contributed by atoms with van der Waals surface area (Å²) in [5, 5.41) is 12.2. The summed E-state index contributed by atoms with van der Waals surface area (Å²) in [7, 11) is 0. The molecule has 0 fully saturated rings. The minimum atomic E-state index is -1.03.